The first kappa shape index (κ1) is 19.4. The second-order valence-corrected chi connectivity index (χ2v) is 7.72. The number of halogens is 1. The lowest BCUT2D eigenvalue weighted by molar-refractivity contribution is -0.124. The van der Waals surface area contributed by atoms with Gasteiger partial charge in [-0.2, -0.15) is 0 Å². The number of benzene rings is 1. The van der Waals surface area contributed by atoms with Gasteiger partial charge in [0.05, 0.1) is 0 Å². The number of rotatable bonds is 7. The summed E-state index contributed by atoms with van der Waals surface area (Å²) in [4.78, 5) is 16.0. The Bertz CT molecular complexity index is 700. The van der Waals surface area contributed by atoms with Crippen molar-refractivity contribution < 1.29 is 9.53 Å². The van der Waals surface area contributed by atoms with E-state index in [1.54, 1.807) is 6.20 Å². The Hall–Kier alpha value is -1.92. The second-order valence-electron chi connectivity index (χ2n) is 6.80. The lowest BCUT2D eigenvalue weighted by Gasteiger charge is -2.21. The molecule has 25 heavy (non-hydrogen) atoms. The number of hydrogen-bond donors (Lipinski definition) is 2. The van der Waals surface area contributed by atoms with Crippen LogP contribution in [0.15, 0.2) is 47.2 Å². The van der Waals surface area contributed by atoms with Crippen LogP contribution in [0.1, 0.15) is 31.9 Å². The molecule has 0 saturated heterocycles. The molecule has 2 aromatic rings. The third-order valence-corrected chi connectivity index (χ3v) is 3.76. The van der Waals surface area contributed by atoms with Crippen LogP contribution >= 0.6 is 15.9 Å². The molecule has 5 nitrogen and oxygen atoms in total. The average molecular weight is 406 g/mol. The summed E-state index contributed by atoms with van der Waals surface area (Å²) in [6, 6.07) is 9.71. The molecule has 1 heterocycles. The fourth-order valence-electron chi connectivity index (χ4n) is 2.27. The molecule has 0 aliphatic heterocycles. The van der Waals surface area contributed by atoms with Gasteiger partial charge < -0.3 is 15.4 Å². The van der Waals surface area contributed by atoms with Gasteiger partial charge in [-0.15, -0.1) is 0 Å². The molecule has 134 valence electrons. The molecular formula is C19H24BrN3O2. The molecule has 2 rings (SSSR count). The highest BCUT2D eigenvalue weighted by Gasteiger charge is 2.14. The van der Waals surface area contributed by atoms with E-state index in [9.17, 15) is 4.79 Å². The lowest BCUT2D eigenvalue weighted by Crippen LogP contribution is -2.43. The van der Waals surface area contributed by atoms with Crippen molar-refractivity contribution in [2.45, 2.75) is 39.4 Å². The second kappa shape index (κ2) is 8.97. The number of amides is 1. The van der Waals surface area contributed by atoms with Crippen molar-refractivity contribution >= 4 is 21.8 Å². The minimum absolute atomic E-state index is 0.00545. The molecule has 0 atom stereocenters. The number of pyridine rings is 1. The van der Waals surface area contributed by atoms with Crippen molar-refractivity contribution in [2.24, 2.45) is 0 Å². The third kappa shape index (κ3) is 7.23. The quantitative estimate of drug-likeness (QED) is 0.740. The molecule has 1 amide bonds. The maximum atomic E-state index is 11.9. The molecule has 0 fully saturated rings. The molecule has 0 aliphatic rings. The predicted molar refractivity (Wildman–Crippen MR) is 102 cm³/mol. The van der Waals surface area contributed by atoms with E-state index in [0.717, 1.165) is 15.6 Å². The number of carbonyl (C=O) groups excluding carboxylic acids is 1. The maximum absolute atomic E-state index is 11.9. The number of carbonyl (C=O) groups is 1. The van der Waals surface area contributed by atoms with Gasteiger partial charge in [0, 0.05) is 41.1 Å². The van der Waals surface area contributed by atoms with Crippen molar-refractivity contribution in [3.8, 4) is 5.75 Å². The van der Waals surface area contributed by atoms with Crippen LogP contribution in [0.2, 0.25) is 0 Å². The Morgan fingerprint density at radius 1 is 1.24 bits per heavy atom. The minimum Gasteiger partial charge on any atom is -0.483 e. The summed E-state index contributed by atoms with van der Waals surface area (Å²) in [5, 5.41) is 6.26. The number of hydrogen-bond acceptors (Lipinski definition) is 4. The summed E-state index contributed by atoms with van der Waals surface area (Å²) < 4.78 is 6.69. The van der Waals surface area contributed by atoms with E-state index >= 15 is 0 Å². The normalized spacial score (nSPS) is 11.2. The van der Waals surface area contributed by atoms with Gasteiger partial charge in [-0.3, -0.25) is 9.78 Å². The van der Waals surface area contributed by atoms with Gasteiger partial charge in [0.2, 0.25) is 0 Å². The Balaban J connectivity index is 1.93. The van der Waals surface area contributed by atoms with Gasteiger partial charge in [-0.25, -0.2) is 0 Å². The Morgan fingerprint density at radius 3 is 2.72 bits per heavy atom. The SMILES string of the molecule is CC(C)(C)NC(=O)COc1ccc(Br)cc1CNCc1cccnc1. The van der Waals surface area contributed by atoms with Crippen LogP contribution in [0.5, 0.6) is 5.75 Å². The molecule has 0 unspecified atom stereocenters. The van der Waals surface area contributed by atoms with Gasteiger partial charge in [0.15, 0.2) is 6.61 Å². The molecule has 0 bridgehead atoms. The summed E-state index contributed by atoms with van der Waals surface area (Å²) >= 11 is 3.48. The molecule has 0 spiro atoms. The van der Waals surface area contributed by atoms with Gasteiger partial charge in [0.1, 0.15) is 5.75 Å². The first-order chi connectivity index (χ1) is 11.8. The van der Waals surface area contributed by atoms with Crippen molar-refractivity contribution in [1.29, 1.82) is 0 Å². The van der Waals surface area contributed by atoms with E-state index in [2.05, 4.69) is 31.5 Å². The van der Waals surface area contributed by atoms with E-state index in [0.29, 0.717) is 18.8 Å². The zero-order valence-corrected chi connectivity index (χ0v) is 16.4. The van der Waals surface area contributed by atoms with Gasteiger partial charge in [-0.1, -0.05) is 22.0 Å². The summed E-state index contributed by atoms with van der Waals surface area (Å²) in [6.45, 7) is 7.17. The van der Waals surface area contributed by atoms with Crippen LogP contribution in [0, 0.1) is 0 Å². The first-order valence-corrected chi connectivity index (χ1v) is 8.95. The lowest BCUT2D eigenvalue weighted by atomic mass is 10.1. The predicted octanol–water partition coefficient (Wildman–Crippen LogP) is 3.43. The highest BCUT2D eigenvalue weighted by atomic mass is 79.9. The molecule has 6 heteroatoms. The number of aromatic nitrogens is 1. The van der Waals surface area contributed by atoms with E-state index in [4.69, 9.17) is 4.74 Å². The van der Waals surface area contributed by atoms with Crippen LogP contribution in [0.25, 0.3) is 0 Å². The summed E-state index contributed by atoms with van der Waals surface area (Å²) in [5.74, 6) is 0.565. The van der Waals surface area contributed by atoms with Crippen molar-refractivity contribution in [1.82, 2.24) is 15.6 Å². The minimum atomic E-state index is -0.270. The number of nitrogens with one attached hydrogen (secondary N) is 2. The van der Waals surface area contributed by atoms with Gasteiger partial charge in [-0.05, 0) is 50.6 Å². The van der Waals surface area contributed by atoms with Crippen molar-refractivity contribution in [3.63, 3.8) is 0 Å². The molecule has 1 aromatic carbocycles. The Morgan fingerprint density at radius 2 is 2.04 bits per heavy atom. The van der Waals surface area contributed by atoms with Gasteiger partial charge in [0.25, 0.3) is 5.91 Å². The fourth-order valence-corrected chi connectivity index (χ4v) is 2.68. The molecule has 0 saturated carbocycles. The number of nitrogens with zero attached hydrogens (tertiary/aromatic N) is 1. The van der Waals surface area contributed by atoms with Crippen LogP contribution in [0.4, 0.5) is 0 Å². The third-order valence-electron chi connectivity index (χ3n) is 3.26. The van der Waals surface area contributed by atoms with E-state index in [-0.39, 0.29) is 18.1 Å². The molecule has 0 aliphatic carbocycles. The van der Waals surface area contributed by atoms with E-state index < -0.39 is 0 Å². The highest BCUT2D eigenvalue weighted by molar-refractivity contribution is 9.10. The van der Waals surface area contributed by atoms with Crippen LogP contribution in [0.3, 0.4) is 0 Å². The highest BCUT2D eigenvalue weighted by Crippen LogP contribution is 2.23. The first-order valence-electron chi connectivity index (χ1n) is 8.15. The zero-order valence-electron chi connectivity index (χ0n) is 14.8. The zero-order chi connectivity index (χ0) is 18.3. The van der Waals surface area contributed by atoms with Crippen LogP contribution in [-0.4, -0.2) is 23.0 Å². The Kier molecular flexibility index (Phi) is 6.96. The maximum Gasteiger partial charge on any atom is 0.258 e. The van der Waals surface area contributed by atoms with Crippen molar-refractivity contribution in [2.75, 3.05) is 6.61 Å². The summed E-state index contributed by atoms with van der Waals surface area (Å²) in [6.07, 6.45) is 3.59. The van der Waals surface area contributed by atoms with Gasteiger partial charge >= 0.3 is 0 Å². The topological polar surface area (TPSA) is 63.2 Å². The Labute approximate surface area is 157 Å². The monoisotopic (exact) mass is 405 g/mol. The van der Waals surface area contributed by atoms with E-state index in [1.807, 2.05) is 57.3 Å². The average Bonchev–Trinajstić information content (AvgIpc) is 2.53. The number of ether oxygens (including phenoxy) is 1. The largest absolute Gasteiger partial charge is 0.483 e. The smallest absolute Gasteiger partial charge is 0.258 e. The summed E-state index contributed by atoms with van der Waals surface area (Å²) in [7, 11) is 0. The molecule has 1 aromatic heterocycles. The molecule has 2 N–H and O–H groups in total. The fraction of sp³-hybridized carbons (Fsp3) is 0.368. The summed E-state index contributed by atoms with van der Waals surface area (Å²) in [5.41, 5.74) is 1.83. The van der Waals surface area contributed by atoms with Crippen LogP contribution in [-0.2, 0) is 17.9 Å². The van der Waals surface area contributed by atoms with Crippen LogP contribution < -0.4 is 15.4 Å². The van der Waals surface area contributed by atoms with Crippen molar-refractivity contribution in [3.05, 3.63) is 58.3 Å². The standard InChI is InChI=1S/C19H24BrN3O2/c1-19(2,3)23-18(24)13-25-17-7-6-16(20)9-15(17)12-22-11-14-5-4-8-21-10-14/h4-10,22H,11-13H2,1-3H3,(H,23,24). The van der Waals surface area contributed by atoms with E-state index in [1.165, 1.54) is 0 Å². The molecule has 0 radical (unpaired) electrons. The molecular weight excluding hydrogens is 382 g/mol.